The molecule has 0 unspecified atom stereocenters. The molecule has 1 aliphatic heterocycles. The van der Waals surface area contributed by atoms with E-state index in [1.54, 1.807) is 61.8 Å². The van der Waals surface area contributed by atoms with Crippen molar-refractivity contribution in [3.8, 4) is 17.6 Å². The monoisotopic (exact) mass is 995 g/mol. The summed E-state index contributed by atoms with van der Waals surface area (Å²) >= 11 is 7.58. The first kappa shape index (κ1) is 53.7. The van der Waals surface area contributed by atoms with Gasteiger partial charge in [0.15, 0.2) is 0 Å². The number of nitriles is 1. The third kappa shape index (κ3) is 15.7. The average molecular weight is 997 g/mol. The molecular formula is C53H66ClN7O8S. The minimum atomic E-state index is -0.581. The molecular weight excluding hydrogens is 930 g/mol. The van der Waals surface area contributed by atoms with Crippen LogP contribution in [0, 0.1) is 17.2 Å². The molecule has 6 rings (SSSR count). The van der Waals surface area contributed by atoms with Crippen molar-refractivity contribution in [1.29, 1.82) is 5.26 Å². The molecule has 2 amide bonds. The number of halogens is 1. The van der Waals surface area contributed by atoms with Crippen LogP contribution in [0.2, 0.25) is 5.02 Å². The van der Waals surface area contributed by atoms with Crippen molar-refractivity contribution in [2.45, 2.75) is 90.3 Å². The van der Waals surface area contributed by atoms with Crippen LogP contribution in [0.15, 0.2) is 88.4 Å². The van der Waals surface area contributed by atoms with E-state index in [0.717, 1.165) is 72.6 Å². The molecule has 4 aromatic rings. The van der Waals surface area contributed by atoms with E-state index in [-0.39, 0.29) is 29.6 Å². The zero-order chi connectivity index (χ0) is 49.8. The molecule has 2 aliphatic rings. The van der Waals surface area contributed by atoms with E-state index in [2.05, 4.69) is 21.7 Å². The number of nitrogens with zero attached hydrogens (tertiary/aromatic N) is 4. The van der Waals surface area contributed by atoms with Crippen LogP contribution in [-0.2, 0) is 30.2 Å². The number of hydrogen-bond acceptors (Lipinski definition) is 14. The Morgan fingerprint density at radius 1 is 0.886 bits per heavy atom. The van der Waals surface area contributed by atoms with Gasteiger partial charge < -0.3 is 45.0 Å². The van der Waals surface area contributed by atoms with Crippen molar-refractivity contribution in [1.82, 2.24) is 20.5 Å². The maximum atomic E-state index is 14.2. The van der Waals surface area contributed by atoms with Gasteiger partial charge in [-0.2, -0.15) is 5.26 Å². The standard InChI is InChI=1S/C53H66ClN7O8S/c1-35(56)45(36(2)58-42-18-17-41(33-55)46(54)32-42)30-38-15-19-43(20-16-38)68-28-26-66-24-22-65-23-25-67-27-29-69-44-13-8-12-40(31-44)50(62)47-34-70-52(59-47)48-14-9-21-61(48)53(64)49(39-10-6-5-7-11-39)60-51(63)37(3)57-4/h8,12-13,15-20,31-32,34,37,39,48-49,57H,5-7,9-11,14,21-30,56H2,1-4H3,(H,60,63)/t37-,48-,49-/m0/s1. The van der Waals surface area contributed by atoms with Gasteiger partial charge in [-0.05, 0) is 113 Å². The molecule has 1 aliphatic carbocycles. The summed E-state index contributed by atoms with van der Waals surface area (Å²) in [5.74, 6) is 0.916. The fourth-order valence-electron chi connectivity index (χ4n) is 8.51. The maximum absolute atomic E-state index is 14.2. The van der Waals surface area contributed by atoms with E-state index in [9.17, 15) is 14.4 Å². The number of nitrogens with two attached hydrogens (primary N) is 1. The minimum Gasteiger partial charge on any atom is -0.491 e. The minimum absolute atomic E-state index is 0.0599. The van der Waals surface area contributed by atoms with E-state index >= 15 is 0 Å². The van der Waals surface area contributed by atoms with Gasteiger partial charge in [0.1, 0.15) is 47.5 Å². The number of ketones is 1. The van der Waals surface area contributed by atoms with Gasteiger partial charge in [0.2, 0.25) is 17.6 Å². The van der Waals surface area contributed by atoms with Gasteiger partial charge in [-0.25, -0.2) is 4.98 Å². The number of rotatable bonds is 26. The number of hydrogen-bond donors (Lipinski definition) is 3. The number of thiazole rings is 1. The van der Waals surface area contributed by atoms with Crippen LogP contribution in [0.4, 0.5) is 5.69 Å². The number of carbonyl (C=O) groups excluding carboxylic acids is 3. The Hall–Kier alpha value is -5.67. The van der Waals surface area contributed by atoms with Crippen LogP contribution in [0.5, 0.6) is 11.5 Å². The van der Waals surface area contributed by atoms with Crippen LogP contribution in [0.3, 0.4) is 0 Å². The number of likely N-dealkylation sites (N-methyl/N-ethyl adjacent to an activating group) is 1. The van der Waals surface area contributed by atoms with E-state index in [1.807, 2.05) is 43.0 Å². The smallest absolute Gasteiger partial charge is 0.246 e. The van der Waals surface area contributed by atoms with E-state index in [0.29, 0.717) is 105 Å². The third-order valence-corrected chi connectivity index (χ3v) is 13.8. The van der Waals surface area contributed by atoms with Gasteiger partial charge in [-0.15, -0.1) is 11.3 Å². The second kappa shape index (κ2) is 27.7. The van der Waals surface area contributed by atoms with Crippen LogP contribution in [-0.4, -0.2) is 112 Å². The van der Waals surface area contributed by atoms with Gasteiger partial charge in [-0.1, -0.05) is 55.1 Å². The molecule has 0 bridgehead atoms. The SMILES string of the molecule is CN[C@@H](C)C(=O)N[C@H](C(=O)N1CCC[C@H]1c1nc(C(=O)c2cccc(OCCOCCOCCOCCOc3ccc(CC(C(C)=Nc4ccc(C#N)c(Cl)c4)=C(C)N)cc3)c2)cs1)C1CCCCC1. The number of nitrogens with one attached hydrogen (secondary N) is 2. The summed E-state index contributed by atoms with van der Waals surface area (Å²) in [4.78, 5) is 52.1. The predicted molar refractivity (Wildman–Crippen MR) is 272 cm³/mol. The lowest BCUT2D eigenvalue weighted by atomic mass is 9.83. The molecule has 3 aromatic carbocycles. The molecule has 1 saturated heterocycles. The van der Waals surface area contributed by atoms with Gasteiger partial charge in [0.05, 0.1) is 68.0 Å². The Morgan fingerprint density at radius 2 is 1.56 bits per heavy atom. The van der Waals surface area contributed by atoms with Crippen molar-refractivity contribution < 1.29 is 38.1 Å². The van der Waals surface area contributed by atoms with Gasteiger partial charge in [0, 0.05) is 35.3 Å². The molecule has 4 N–H and O–H groups in total. The molecule has 70 heavy (non-hydrogen) atoms. The van der Waals surface area contributed by atoms with Crippen LogP contribution < -0.4 is 25.8 Å². The lowest BCUT2D eigenvalue weighted by Crippen LogP contribution is -2.55. The average Bonchev–Trinajstić information content (AvgIpc) is 4.07. The number of aliphatic imine (C=N–C) groups is 1. The lowest BCUT2D eigenvalue weighted by Gasteiger charge is -2.35. The predicted octanol–water partition coefficient (Wildman–Crippen LogP) is 8.31. The Kier molecular flexibility index (Phi) is 21.2. The van der Waals surface area contributed by atoms with E-state index < -0.39 is 12.1 Å². The van der Waals surface area contributed by atoms with Crippen molar-refractivity contribution in [2.75, 3.05) is 66.4 Å². The maximum Gasteiger partial charge on any atom is 0.246 e. The molecule has 1 saturated carbocycles. The highest BCUT2D eigenvalue weighted by atomic mass is 35.5. The second-order valence-corrected chi connectivity index (χ2v) is 18.8. The van der Waals surface area contributed by atoms with E-state index in [1.165, 1.54) is 11.3 Å². The second-order valence-electron chi connectivity index (χ2n) is 17.5. The Bertz CT molecular complexity index is 2460. The highest BCUT2D eigenvalue weighted by Gasteiger charge is 2.40. The Labute approximate surface area is 420 Å². The highest BCUT2D eigenvalue weighted by Crippen LogP contribution is 2.37. The fourth-order valence-corrected chi connectivity index (χ4v) is 9.67. The summed E-state index contributed by atoms with van der Waals surface area (Å²) in [7, 11) is 1.74. The number of amides is 2. The van der Waals surface area contributed by atoms with Crippen molar-refractivity contribution in [3.63, 3.8) is 0 Å². The molecule has 3 atom stereocenters. The van der Waals surface area contributed by atoms with E-state index in [4.69, 9.17) is 51.3 Å². The Morgan fingerprint density at radius 3 is 2.20 bits per heavy atom. The van der Waals surface area contributed by atoms with Crippen molar-refractivity contribution in [3.05, 3.63) is 116 Å². The zero-order valence-electron chi connectivity index (χ0n) is 40.7. The number of aromatic nitrogens is 1. The molecule has 15 nitrogen and oxygen atoms in total. The summed E-state index contributed by atoms with van der Waals surface area (Å²) in [5.41, 5.74) is 11.5. The summed E-state index contributed by atoms with van der Waals surface area (Å²) in [6.45, 7) is 9.21. The number of likely N-dealkylation sites (tertiary alicyclic amines) is 1. The van der Waals surface area contributed by atoms with Crippen LogP contribution in [0.25, 0.3) is 0 Å². The number of ether oxygens (including phenoxy) is 5. The quantitative estimate of drug-likeness (QED) is 0.0309. The van der Waals surface area contributed by atoms with Crippen molar-refractivity contribution >= 4 is 51.9 Å². The molecule has 0 spiro atoms. The largest absolute Gasteiger partial charge is 0.491 e. The first-order valence-electron chi connectivity index (χ1n) is 24.1. The molecule has 1 aromatic heterocycles. The first-order valence-corrected chi connectivity index (χ1v) is 25.4. The molecule has 0 radical (unpaired) electrons. The number of allylic oxidation sites excluding steroid dienone is 2. The van der Waals surface area contributed by atoms with Gasteiger partial charge in [-0.3, -0.25) is 19.4 Å². The third-order valence-electron chi connectivity index (χ3n) is 12.5. The summed E-state index contributed by atoms with van der Waals surface area (Å²) in [5, 5.41) is 18.1. The number of carbonyl (C=O) groups is 3. The summed E-state index contributed by atoms with van der Waals surface area (Å²) in [6.07, 6.45) is 7.25. The molecule has 2 fully saturated rings. The fraction of sp³-hybridized carbons (Fsp3) is 0.472. The van der Waals surface area contributed by atoms with Gasteiger partial charge in [0.25, 0.3) is 0 Å². The molecule has 2 heterocycles. The normalized spacial score (nSPS) is 16.5. The van der Waals surface area contributed by atoms with Crippen LogP contribution in [0.1, 0.15) is 104 Å². The first-order chi connectivity index (χ1) is 33.9. The lowest BCUT2D eigenvalue weighted by molar-refractivity contribution is -0.139. The summed E-state index contributed by atoms with van der Waals surface area (Å²) in [6, 6.07) is 20.7. The Balaban J connectivity index is 0.838. The molecule has 17 heteroatoms. The van der Waals surface area contributed by atoms with Gasteiger partial charge >= 0.3 is 0 Å². The van der Waals surface area contributed by atoms with Crippen molar-refractivity contribution in [2.24, 2.45) is 16.6 Å². The summed E-state index contributed by atoms with van der Waals surface area (Å²) < 4.78 is 28.7. The highest BCUT2D eigenvalue weighted by molar-refractivity contribution is 7.10. The topological polar surface area (TPSA) is 200 Å². The number of benzene rings is 3. The molecule has 374 valence electrons. The van der Waals surface area contributed by atoms with Crippen LogP contribution >= 0.6 is 22.9 Å². The zero-order valence-corrected chi connectivity index (χ0v) is 42.2.